The summed E-state index contributed by atoms with van der Waals surface area (Å²) >= 11 is 0. The van der Waals surface area contributed by atoms with Crippen molar-refractivity contribution in [3.05, 3.63) is 6.07 Å². The molecule has 5 heteroatoms. The van der Waals surface area contributed by atoms with Crippen LogP contribution < -0.4 is 15.4 Å². The van der Waals surface area contributed by atoms with Gasteiger partial charge in [-0.25, -0.2) is 0 Å². The van der Waals surface area contributed by atoms with Crippen LogP contribution in [0.5, 0.6) is 5.88 Å². The molecule has 1 aliphatic rings. The molecule has 82 valence electrons. The van der Waals surface area contributed by atoms with Crippen molar-refractivity contribution in [2.75, 3.05) is 24.3 Å². The van der Waals surface area contributed by atoms with Gasteiger partial charge in [0, 0.05) is 18.7 Å². The smallest absolute Gasteiger partial charge is 0.225 e. The van der Waals surface area contributed by atoms with Crippen molar-refractivity contribution in [1.29, 1.82) is 0 Å². The molecule has 1 aromatic rings. The second-order valence-corrected chi connectivity index (χ2v) is 3.81. The van der Waals surface area contributed by atoms with Crippen LogP contribution >= 0.6 is 0 Å². The monoisotopic (exact) mass is 208 g/mol. The SMILES string of the molecule is COc1cc(N2CCCC2C)nc(N)n1. The van der Waals surface area contributed by atoms with Crippen molar-refractivity contribution in [3.63, 3.8) is 0 Å². The minimum absolute atomic E-state index is 0.267. The van der Waals surface area contributed by atoms with Crippen molar-refractivity contribution >= 4 is 11.8 Å². The number of anilines is 2. The predicted octanol–water partition coefficient (Wildman–Crippen LogP) is 1.06. The van der Waals surface area contributed by atoms with E-state index in [-0.39, 0.29) is 5.95 Å². The van der Waals surface area contributed by atoms with Gasteiger partial charge in [0.05, 0.1) is 7.11 Å². The molecule has 0 spiro atoms. The number of hydrogen-bond acceptors (Lipinski definition) is 5. The number of nitrogen functional groups attached to an aromatic ring is 1. The van der Waals surface area contributed by atoms with Gasteiger partial charge in [0.2, 0.25) is 11.8 Å². The zero-order valence-electron chi connectivity index (χ0n) is 9.10. The third-order valence-electron chi connectivity index (χ3n) is 2.76. The Labute approximate surface area is 89.3 Å². The van der Waals surface area contributed by atoms with E-state index in [0.717, 1.165) is 12.4 Å². The van der Waals surface area contributed by atoms with E-state index in [0.29, 0.717) is 11.9 Å². The lowest BCUT2D eigenvalue weighted by Gasteiger charge is -2.22. The van der Waals surface area contributed by atoms with E-state index in [1.165, 1.54) is 12.8 Å². The van der Waals surface area contributed by atoms with Crippen LogP contribution in [0.3, 0.4) is 0 Å². The zero-order chi connectivity index (χ0) is 10.8. The molecule has 1 aromatic heterocycles. The van der Waals surface area contributed by atoms with Gasteiger partial charge in [0.15, 0.2) is 0 Å². The number of rotatable bonds is 2. The van der Waals surface area contributed by atoms with Gasteiger partial charge < -0.3 is 15.4 Å². The van der Waals surface area contributed by atoms with Gasteiger partial charge in [0.25, 0.3) is 0 Å². The third kappa shape index (κ3) is 1.95. The van der Waals surface area contributed by atoms with Crippen molar-refractivity contribution in [1.82, 2.24) is 9.97 Å². The number of aromatic nitrogens is 2. The lowest BCUT2D eigenvalue weighted by Crippen LogP contribution is -2.27. The second kappa shape index (κ2) is 3.92. The number of hydrogen-bond donors (Lipinski definition) is 1. The molecule has 0 aromatic carbocycles. The molecule has 2 heterocycles. The third-order valence-corrected chi connectivity index (χ3v) is 2.76. The summed E-state index contributed by atoms with van der Waals surface area (Å²) in [6, 6.07) is 2.35. The lowest BCUT2D eigenvalue weighted by atomic mass is 10.2. The quantitative estimate of drug-likeness (QED) is 0.787. The molecule has 0 amide bonds. The number of ether oxygens (including phenoxy) is 1. The predicted molar refractivity (Wildman–Crippen MR) is 59.0 cm³/mol. The van der Waals surface area contributed by atoms with Crippen LogP contribution in [0.4, 0.5) is 11.8 Å². The fourth-order valence-corrected chi connectivity index (χ4v) is 1.96. The van der Waals surface area contributed by atoms with Crippen LogP contribution in [-0.2, 0) is 0 Å². The molecule has 15 heavy (non-hydrogen) atoms. The van der Waals surface area contributed by atoms with E-state index in [4.69, 9.17) is 10.5 Å². The summed E-state index contributed by atoms with van der Waals surface area (Å²) in [6.07, 6.45) is 2.40. The van der Waals surface area contributed by atoms with Crippen LogP contribution in [0, 0.1) is 0 Å². The zero-order valence-corrected chi connectivity index (χ0v) is 9.10. The largest absolute Gasteiger partial charge is 0.481 e. The van der Waals surface area contributed by atoms with E-state index in [1.807, 2.05) is 6.07 Å². The maximum Gasteiger partial charge on any atom is 0.225 e. The maximum atomic E-state index is 5.62. The molecule has 1 atom stereocenters. The van der Waals surface area contributed by atoms with Crippen LogP contribution in [-0.4, -0.2) is 29.7 Å². The molecule has 0 bridgehead atoms. The molecule has 5 nitrogen and oxygen atoms in total. The minimum atomic E-state index is 0.267. The summed E-state index contributed by atoms with van der Waals surface area (Å²) in [6.45, 7) is 3.22. The van der Waals surface area contributed by atoms with Gasteiger partial charge in [-0.3, -0.25) is 0 Å². The van der Waals surface area contributed by atoms with Gasteiger partial charge in [-0.05, 0) is 19.8 Å². The summed E-state index contributed by atoms with van der Waals surface area (Å²) < 4.78 is 5.07. The first-order chi connectivity index (χ1) is 7.20. The maximum absolute atomic E-state index is 5.62. The summed E-state index contributed by atoms with van der Waals surface area (Å²) in [5.41, 5.74) is 5.62. The Morgan fingerprint density at radius 3 is 2.93 bits per heavy atom. The average molecular weight is 208 g/mol. The van der Waals surface area contributed by atoms with Crippen molar-refractivity contribution in [2.45, 2.75) is 25.8 Å². The Morgan fingerprint density at radius 2 is 2.33 bits per heavy atom. The van der Waals surface area contributed by atoms with Gasteiger partial charge in [-0.1, -0.05) is 0 Å². The fourth-order valence-electron chi connectivity index (χ4n) is 1.96. The van der Waals surface area contributed by atoms with Gasteiger partial charge in [-0.2, -0.15) is 9.97 Å². The highest BCUT2D eigenvalue weighted by Gasteiger charge is 2.22. The molecule has 0 aliphatic carbocycles. The molecule has 2 N–H and O–H groups in total. The highest BCUT2D eigenvalue weighted by Crippen LogP contribution is 2.26. The first-order valence-corrected chi connectivity index (χ1v) is 5.16. The second-order valence-electron chi connectivity index (χ2n) is 3.81. The summed E-state index contributed by atoms with van der Waals surface area (Å²) in [5, 5.41) is 0. The highest BCUT2D eigenvalue weighted by atomic mass is 16.5. The Kier molecular flexibility index (Phi) is 2.62. The van der Waals surface area contributed by atoms with E-state index in [9.17, 15) is 0 Å². The molecule has 1 unspecified atom stereocenters. The van der Waals surface area contributed by atoms with E-state index in [2.05, 4.69) is 21.8 Å². The fraction of sp³-hybridized carbons (Fsp3) is 0.600. The van der Waals surface area contributed by atoms with Crippen molar-refractivity contribution in [2.24, 2.45) is 0 Å². The Bertz CT molecular complexity index is 355. The number of methoxy groups -OCH3 is 1. The lowest BCUT2D eigenvalue weighted by molar-refractivity contribution is 0.397. The van der Waals surface area contributed by atoms with E-state index < -0.39 is 0 Å². The van der Waals surface area contributed by atoms with Crippen LogP contribution in [0.1, 0.15) is 19.8 Å². The van der Waals surface area contributed by atoms with Gasteiger partial charge >= 0.3 is 0 Å². The molecule has 2 rings (SSSR count). The first kappa shape index (κ1) is 10.0. The Hall–Kier alpha value is -1.52. The molecule has 0 saturated carbocycles. The summed E-state index contributed by atoms with van der Waals surface area (Å²) in [4.78, 5) is 10.4. The first-order valence-electron chi connectivity index (χ1n) is 5.16. The minimum Gasteiger partial charge on any atom is -0.481 e. The molecule has 0 radical (unpaired) electrons. The molecular formula is C10H16N4O. The van der Waals surface area contributed by atoms with Crippen LogP contribution in [0.15, 0.2) is 6.07 Å². The standard InChI is InChI=1S/C10H16N4O/c1-7-4-3-5-14(7)8-6-9(15-2)13-10(11)12-8/h6-7H,3-5H2,1-2H3,(H2,11,12,13). The van der Waals surface area contributed by atoms with E-state index in [1.54, 1.807) is 7.11 Å². The topological polar surface area (TPSA) is 64.3 Å². The summed E-state index contributed by atoms with van der Waals surface area (Å²) in [7, 11) is 1.58. The van der Waals surface area contributed by atoms with Crippen molar-refractivity contribution < 1.29 is 4.74 Å². The molecule has 1 aliphatic heterocycles. The Balaban J connectivity index is 2.30. The van der Waals surface area contributed by atoms with Gasteiger partial charge in [-0.15, -0.1) is 0 Å². The van der Waals surface area contributed by atoms with E-state index >= 15 is 0 Å². The van der Waals surface area contributed by atoms with Crippen molar-refractivity contribution in [3.8, 4) is 5.88 Å². The van der Waals surface area contributed by atoms with Crippen LogP contribution in [0.25, 0.3) is 0 Å². The summed E-state index contributed by atoms with van der Waals surface area (Å²) in [5.74, 6) is 1.66. The molecular weight excluding hydrogens is 192 g/mol. The molecule has 1 fully saturated rings. The number of nitrogens with zero attached hydrogens (tertiary/aromatic N) is 3. The Morgan fingerprint density at radius 1 is 1.53 bits per heavy atom. The van der Waals surface area contributed by atoms with Crippen LogP contribution in [0.2, 0.25) is 0 Å². The molecule has 1 saturated heterocycles. The van der Waals surface area contributed by atoms with Gasteiger partial charge in [0.1, 0.15) is 5.82 Å². The number of nitrogens with two attached hydrogens (primary N) is 1. The highest BCUT2D eigenvalue weighted by molar-refractivity contribution is 5.47. The average Bonchev–Trinajstić information content (AvgIpc) is 2.63. The normalized spacial score (nSPS) is 20.7.